The van der Waals surface area contributed by atoms with E-state index < -0.39 is 0 Å². The maximum absolute atomic E-state index is 2.55. The average Bonchev–Trinajstić information content (AvgIpc) is 2.47. The third-order valence-electron chi connectivity index (χ3n) is 4.53. The third kappa shape index (κ3) is 3.58. The maximum atomic E-state index is 2.55. The largest absolute Gasteiger partial charge is 0.303 e. The van der Waals surface area contributed by atoms with Gasteiger partial charge in [0.15, 0.2) is 0 Å². The van der Waals surface area contributed by atoms with Crippen LogP contribution in [0.2, 0.25) is 0 Å². The summed E-state index contributed by atoms with van der Waals surface area (Å²) in [7, 11) is 2.29. The fourth-order valence-corrected chi connectivity index (χ4v) is 3.18. The Labute approximate surface area is 118 Å². The van der Waals surface area contributed by atoms with Gasteiger partial charge in [0.05, 0.1) is 0 Å². The Kier molecular flexibility index (Phi) is 5.41. The molecule has 1 atom stereocenters. The van der Waals surface area contributed by atoms with E-state index >= 15 is 0 Å². The van der Waals surface area contributed by atoms with Gasteiger partial charge in [-0.2, -0.15) is 0 Å². The van der Waals surface area contributed by atoms with Crippen LogP contribution in [0.15, 0.2) is 24.3 Å². The summed E-state index contributed by atoms with van der Waals surface area (Å²) in [6.45, 7) is 9.17. The smallest absolute Gasteiger partial charge is 0.0348 e. The van der Waals surface area contributed by atoms with E-state index in [1.165, 1.54) is 32.4 Å². The van der Waals surface area contributed by atoms with Crippen LogP contribution in [0.1, 0.15) is 43.9 Å². The Morgan fingerprint density at radius 1 is 1.11 bits per heavy atom. The van der Waals surface area contributed by atoms with Crippen LogP contribution in [0.5, 0.6) is 0 Å². The van der Waals surface area contributed by atoms with E-state index in [2.05, 4.69) is 55.0 Å². The lowest BCUT2D eigenvalue weighted by Gasteiger charge is -2.34. The van der Waals surface area contributed by atoms with E-state index in [1.54, 1.807) is 11.1 Å². The molecule has 0 radical (unpaired) electrons. The quantitative estimate of drug-likeness (QED) is 0.774. The van der Waals surface area contributed by atoms with Crippen LogP contribution in [0, 0.1) is 0 Å². The first-order chi connectivity index (χ1) is 9.26. The normalized spacial score (nSPS) is 18.9. The fourth-order valence-electron chi connectivity index (χ4n) is 3.18. The van der Waals surface area contributed by atoms with Crippen LogP contribution < -0.4 is 0 Å². The molecule has 0 aromatic heterocycles. The first-order valence-corrected chi connectivity index (χ1v) is 7.76. The van der Waals surface area contributed by atoms with E-state index in [0.29, 0.717) is 6.04 Å². The first-order valence-electron chi connectivity index (χ1n) is 7.76. The minimum Gasteiger partial charge on any atom is -0.303 e. The van der Waals surface area contributed by atoms with Crippen molar-refractivity contribution >= 4 is 0 Å². The molecule has 0 amide bonds. The summed E-state index contributed by atoms with van der Waals surface area (Å²) < 4.78 is 0. The van der Waals surface area contributed by atoms with Gasteiger partial charge in [-0.05, 0) is 50.5 Å². The summed E-state index contributed by atoms with van der Waals surface area (Å²) in [5.41, 5.74) is 3.13. The molecule has 2 heteroatoms. The molecule has 0 aliphatic heterocycles. The predicted octanol–water partition coefficient (Wildman–Crippen LogP) is 3.34. The molecule has 1 aromatic carbocycles. The highest BCUT2D eigenvalue weighted by molar-refractivity contribution is 5.32. The zero-order valence-corrected chi connectivity index (χ0v) is 12.7. The molecule has 0 saturated heterocycles. The van der Waals surface area contributed by atoms with Gasteiger partial charge in [0.25, 0.3) is 0 Å². The highest BCUT2D eigenvalue weighted by Crippen LogP contribution is 2.33. The van der Waals surface area contributed by atoms with E-state index in [9.17, 15) is 0 Å². The minimum absolute atomic E-state index is 0.625. The molecular formula is C17H28N2. The second-order valence-electron chi connectivity index (χ2n) is 5.61. The fraction of sp³-hybridized carbons (Fsp3) is 0.647. The molecule has 0 unspecified atom stereocenters. The van der Waals surface area contributed by atoms with Crippen molar-refractivity contribution in [3.8, 4) is 0 Å². The summed E-state index contributed by atoms with van der Waals surface area (Å²) in [6.07, 6.45) is 3.90. The second kappa shape index (κ2) is 7.06. The zero-order chi connectivity index (χ0) is 13.7. The van der Waals surface area contributed by atoms with Crippen molar-refractivity contribution in [2.75, 3.05) is 33.2 Å². The van der Waals surface area contributed by atoms with Crippen LogP contribution >= 0.6 is 0 Å². The van der Waals surface area contributed by atoms with Gasteiger partial charge in [-0.25, -0.2) is 0 Å². The minimum atomic E-state index is 0.625. The molecule has 0 heterocycles. The van der Waals surface area contributed by atoms with Gasteiger partial charge in [-0.1, -0.05) is 38.1 Å². The van der Waals surface area contributed by atoms with Crippen molar-refractivity contribution in [1.82, 2.24) is 9.80 Å². The highest BCUT2D eigenvalue weighted by atomic mass is 15.2. The number of hydrogen-bond donors (Lipinski definition) is 0. The molecule has 2 rings (SSSR count). The topological polar surface area (TPSA) is 6.48 Å². The molecule has 1 aliphatic carbocycles. The summed E-state index contributed by atoms with van der Waals surface area (Å²) >= 11 is 0. The summed E-state index contributed by atoms with van der Waals surface area (Å²) in [6, 6.07) is 9.62. The molecule has 0 bridgehead atoms. The summed E-state index contributed by atoms with van der Waals surface area (Å²) in [5.74, 6) is 0. The standard InChI is InChI=1S/C17H28N2/c1-4-19(5-2)14-13-18(3)17-12-8-10-15-9-6-7-11-16(15)17/h6-7,9,11,17H,4-5,8,10,12-14H2,1-3H3/t17-/m0/s1. The van der Waals surface area contributed by atoms with Crippen LogP contribution in [0.3, 0.4) is 0 Å². The Hall–Kier alpha value is -0.860. The maximum Gasteiger partial charge on any atom is 0.0348 e. The molecule has 1 aromatic rings. The molecule has 0 fully saturated rings. The molecule has 19 heavy (non-hydrogen) atoms. The van der Waals surface area contributed by atoms with E-state index in [4.69, 9.17) is 0 Å². The number of likely N-dealkylation sites (N-methyl/N-ethyl adjacent to an activating group) is 2. The molecular weight excluding hydrogens is 232 g/mol. The number of hydrogen-bond acceptors (Lipinski definition) is 2. The number of rotatable bonds is 6. The summed E-state index contributed by atoms with van der Waals surface area (Å²) in [5, 5.41) is 0. The monoisotopic (exact) mass is 260 g/mol. The average molecular weight is 260 g/mol. The molecule has 0 spiro atoms. The van der Waals surface area contributed by atoms with Crippen LogP contribution in [-0.4, -0.2) is 43.0 Å². The van der Waals surface area contributed by atoms with E-state index in [0.717, 1.165) is 13.1 Å². The van der Waals surface area contributed by atoms with Gasteiger partial charge in [-0.15, -0.1) is 0 Å². The van der Waals surface area contributed by atoms with Crippen LogP contribution in [-0.2, 0) is 6.42 Å². The molecule has 106 valence electrons. The number of benzene rings is 1. The van der Waals surface area contributed by atoms with Gasteiger partial charge in [0.1, 0.15) is 0 Å². The Morgan fingerprint density at radius 3 is 2.58 bits per heavy atom. The second-order valence-corrected chi connectivity index (χ2v) is 5.61. The van der Waals surface area contributed by atoms with Crippen molar-refractivity contribution in [3.63, 3.8) is 0 Å². The van der Waals surface area contributed by atoms with Gasteiger partial charge < -0.3 is 4.90 Å². The Bertz CT molecular complexity index is 385. The lowest BCUT2D eigenvalue weighted by Crippen LogP contribution is -2.36. The summed E-state index contributed by atoms with van der Waals surface area (Å²) in [4.78, 5) is 5.06. The first kappa shape index (κ1) is 14.5. The number of nitrogens with zero attached hydrogens (tertiary/aromatic N) is 2. The zero-order valence-electron chi connectivity index (χ0n) is 12.7. The van der Waals surface area contributed by atoms with Crippen molar-refractivity contribution in [3.05, 3.63) is 35.4 Å². The number of aryl methyl sites for hydroxylation is 1. The van der Waals surface area contributed by atoms with Gasteiger partial charge >= 0.3 is 0 Å². The van der Waals surface area contributed by atoms with Gasteiger partial charge in [0.2, 0.25) is 0 Å². The van der Waals surface area contributed by atoms with Crippen molar-refractivity contribution < 1.29 is 0 Å². The number of fused-ring (bicyclic) bond motifs is 1. The van der Waals surface area contributed by atoms with Crippen molar-refractivity contribution in [2.24, 2.45) is 0 Å². The molecule has 0 N–H and O–H groups in total. The predicted molar refractivity (Wildman–Crippen MR) is 82.5 cm³/mol. The van der Waals surface area contributed by atoms with E-state index in [1.807, 2.05) is 0 Å². The molecule has 0 saturated carbocycles. The van der Waals surface area contributed by atoms with Crippen LogP contribution in [0.4, 0.5) is 0 Å². The molecule has 2 nitrogen and oxygen atoms in total. The van der Waals surface area contributed by atoms with Gasteiger partial charge in [0, 0.05) is 19.1 Å². The van der Waals surface area contributed by atoms with Crippen LogP contribution in [0.25, 0.3) is 0 Å². The van der Waals surface area contributed by atoms with E-state index in [-0.39, 0.29) is 0 Å². The third-order valence-corrected chi connectivity index (χ3v) is 4.53. The Balaban J connectivity index is 1.98. The molecule has 1 aliphatic rings. The SMILES string of the molecule is CCN(CC)CCN(C)[C@H]1CCCc2ccccc21. The lowest BCUT2D eigenvalue weighted by molar-refractivity contribution is 0.183. The van der Waals surface area contributed by atoms with Crippen molar-refractivity contribution in [1.29, 1.82) is 0 Å². The van der Waals surface area contributed by atoms with Crippen molar-refractivity contribution in [2.45, 2.75) is 39.2 Å². The lowest BCUT2D eigenvalue weighted by atomic mass is 9.87. The van der Waals surface area contributed by atoms with Gasteiger partial charge in [-0.3, -0.25) is 4.90 Å². The highest BCUT2D eigenvalue weighted by Gasteiger charge is 2.23. The Morgan fingerprint density at radius 2 is 1.84 bits per heavy atom.